The van der Waals surface area contributed by atoms with Gasteiger partial charge in [0.2, 0.25) is 0 Å². The Morgan fingerprint density at radius 2 is 2.16 bits per heavy atom. The Bertz CT molecular complexity index is 577. The van der Waals surface area contributed by atoms with Crippen LogP contribution in [-0.2, 0) is 7.05 Å². The Labute approximate surface area is 113 Å². The Morgan fingerprint density at radius 1 is 1.32 bits per heavy atom. The van der Waals surface area contributed by atoms with Crippen LogP contribution in [0.25, 0.3) is 0 Å². The molecule has 0 amide bonds. The Kier molecular flexibility index (Phi) is 2.98. The molecule has 1 fully saturated rings. The monoisotopic (exact) mass is 257 g/mol. The molecule has 2 atom stereocenters. The summed E-state index contributed by atoms with van der Waals surface area (Å²) >= 11 is 0. The minimum absolute atomic E-state index is 0.109. The van der Waals surface area contributed by atoms with Crippen LogP contribution in [0.15, 0.2) is 30.7 Å². The van der Waals surface area contributed by atoms with Gasteiger partial charge in [-0.1, -0.05) is 6.07 Å². The molecular weight excluding hydrogens is 238 g/mol. The van der Waals surface area contributed by atoms with Gasteiger partial charge >= 0.3 is 0 Å². The predicted octanol–water partition coefficient (Wildman–Crippen LogP) is 1.05. The first kappa shape index (κ1) is 12.2. The van der Waals surface area contributed by atoms with E-state index in [2.05, 4.69) is 21.1 Å². The zero-order valence-electron chi connectivity index (χ0n) is 11.3. The maximum Gasteiger partial charge on any atom is 0.128 e. The minimum Gasteiger partial charge on any atom is -0.354 e. The zero-order valence-corrected chi connectivity index (χ0v) is 11.3. The van der Waals surface area contributed by atoms with Crippen molar-refractivity contribution < 1.29 is 0 Å². The van der Waals surface area contributed by atoms with E-state index >= 15 is 0 Å². The molecule has 0 spiro atoms. The highest BCUT2D eigenvalue weighted by atomic mass is 15.2. The van der Waals surface area contributed by atoms with Crippen LogP contribution in [-0.4, -0.2) is 33.7 Å². The Morgan fingerprint density at radius 3 is 2.84 bits per heavy atom. The molecule has 3 rings (SSSR count). The lowest BCUT2D eigenvalue weighted by molar-refractivity contribution is 0.639. The SMILES string of the molecule is Cc1cccc(N2C[C@@H](N)[C@H](c3cn(C)cn3)C2)n1. The largest absolute Gasteiger partial charge is 0.354 e. The lowest BCUT2D eigenvalue weighted by Gasteiger charge is -2.17. The first-order valence-electron chi connectivity index (χ1n) is 6.55. The van der Waals surface area contributed by atoms with Crippen LogP contribution in [0, 0.1) is 6.92 Å². The van der Waals surface area contributed by atoms with Crippen LogP contribution in [0.1, 0.15) is 17.3 Å². The summed E-state index contributed by atoms with van der Waals surface area (Å²) in [5.74, 6) is 1.29. The van der Waals surface area contributed by atoms with Gasteiger partial charge in [-0.15, -0.1) is 0 Å². The second-order valence-corrected chi connectivity index (χ2v) is 5.28. The summed E-state index contributed by atoms with van der Waals surface area (Å²) in [5, 5.41) is 0. The van der Waals surface area contributed by atoms with Crippen molar-refractivity contribution in [2.75, 3.05) is 18.0 Å². The van der Waals surface area contributed by atoms with Crippen molar-refractivity contribution in [2.24, 2.45) is 12.8 Å². The number of nitrogens with zero attached hydrogens (tertiary/aromatic N) is 4. The van der Waals surface area contributed by atoms with Gasteiger partial charge in [-0.25, -0.2) is 9.97 Å². The van der Waals surface area contributed by atoms with Crippen LogP contribution in [0.4, 0.5) is 5.82 Å². The first-order valence-corrected chi connectivity index (χ1v) is 6.55. The van der Waals surface area contributed by atoms with E-state index in [1.807, 2.05) is 43.1 Å². The van der Waals surface area contributed by atoms with Gasteiger partial charge < -0.3 is 15.2 Å². The number of aryl methyl sites for hydroxylation is 2. The number of anilines is 1. The average Bonchev–Trinajstić information content (AvgIpc) is 2.95. The molecule has 2 N–H and O–H groups in total. The van der Waals surface area contributed by atoms with Gasteiger partial charge in [0.1, 0.15) is 5.82 Å². The smallest absolute Gasteiger partial charge is 0.128 e. The van der Waals surface area contributed by atoms with Crippen LogP contribution in [0.3, 0.4) is 0 Å². The third-order valence-corrected chi connectivity index (χ3v) is 3.67. The van der Waals surface area contributed by atoms with Crippen molar-refractivity contribution in [3.8, 4) is 0 Å². The molecule has 5 nitrogen and oxygen atoms in total. The van der Waals surface area contributed by atoms with Crippen molar-refractivity contribution in [3.63, 3.8) is 0 Å². The molecule has 0 bridgehead atoms. The molecule has 2 aromatic rings. The van der Waals surface area contributed by atoms with Crippen LogP contribution < -0.4 is 10.6 Å². The first-order chi connectivity index (χ1) is 9.13. The number of hydrogen-bond donors (Lipinski definition) is 1. The molecule has 5 heteroatoms. The summed E-state index contributed by atoms with van der Waals surface area (Å²) in [6.45, 7) is 3.72. The van der Waals surface area contributed by atoms with Gasteiger partial charge in [0.25, 0.3) is 0 Å². The van der Waals surface area contributed by atoms with E-state index in [1.165, 1.54) is 0 Å². The summed E-state index contributed by atoms with van der Waals surface area (Å²) < 4.78 is 1.97. The molecule has 1 saturated heterocycles. The summed E-state index contributed by atoms with van der Waals surface area (Å²) in [6.07, 6.45) is 3.88. The number of nitrogens with two attached hydrogens (primary N) is 1. The van der Waals surface area contributed by atoms with Gasteiger partial charge in [-0.3, -0.25) is 0 Å². The summed E-state index contributed by atoms with van der Waals surface area (Å²) in [7, 11) is 1.98. The van der Waals surface area contributed by atoms with Crippen LogP contribution in [0.2, 0.25) is 0 Å². The van der Waals surface area contributed by atoms with E-state index in [0.717, 1.165) is 30.3 Å². The second kappa shape index (κ2) is 4.66. The average molecular weight is 257 g/mol. The fourth-order valence-corrected chi connectivity index (χ4v) is 2.66. The van der Waals surface area contributed by atoms with Crippen LogP contribution in [0.5, 0.6) is 0 Å². The maximum atomic E-state index is 6.27. The van der Waals surface area contributed by atoms with E-state index in [4.69, 9.17) is 5.73 Å². The molecule has 1 aliphatic heterocycles. The fraction of sp³-hybridized carbons (Fsp3) is 0.429. The summed E-state index contributed by atoms with van der Waals surface area (Å²) in [6, 6.07) is 6.20. The Hall–Kier alpha value is -1.88. The molecule has 0 radical (unpaired) electrons. The lowest BCUT2D eigenvalue weighted by Crippen LogP contribution is -2.29. The van der Waals surface area contributed by atoms with E-state index in [1.54, 1.807) is 0 Å². The number of rotatable bonds is 2. The fourth-order valence-electron chi connectivity index (χ4n) is 2.66. The topological polar surface area (TPSA) is 60.0 Å². The minimum atomic E-state index is 0.109. The molecule has 19 heavy (non-hydrogen) atoms. The molecule has 0 saturated carbocycles. The number of pyridine rings is 1. The van der Waals surface area contributed by atoms with Gasteiger partial charge in [-0.05, 0) is 19.1 Å². The van der Waals surface area contributed by atoms with E-state index in [0.29, 0.717) is 0 Å². The summed E-state index contributed by atoms with van der Waals surface area (Å²) in [4.78, 5) is 11.2. The highest BCUT2D eigenvalue weighted by molar-refractivity contribution is 5.42. The van der Waals surface area contributed by atoms with Gasteiger partial charge in [0.15, 0.2) is 0 Å². The standard InChI is InChI=1S/C14H19N5/c1-10-4-3-5-14(17-10)19-6-11(12(15)7-19)13-8-18(2)9-16-13/h3-5,8-9,11-12H,6-7,15H2,1-2H3/t11-,12-/m1/s1. The molecule has 0 aliphatic carbocycles. The van der Waals surface area contributed by atoms with Gasteiger partial charge in [0.05, 0.1) is 12.0 Å². The summed E-state index contributed by atoms with van der Waals surface area (Å²) in [5.41, 5.74) is 8.38. The third-order valence-electron chi connectivity index (χ3n) is 3.67. The molecule has 3 heterocycles. The molecule has 0 unspecified atom stereocenters. The quantitative estimate of drug-likeness (QED) is 0.873. The number of hydrogen-bond acceptors (Lipinski definition) is 4. The van der Waals surface area contributed by atoms with Gasteiger partial charge in [0, 0.05) is 44.0 Å². The molecule has 1 aliphatic rings. The Balaban J connectivity index is 1.82. The molecular formula is C14H19N5. The van der Waals surface area contributed by atoms with E-state index < -0.39 is 0 Å². The van der Waals surface area contributed by atoms with E-state index in [-0.39, 0.29) is 12.0 Å². The maximum absolute atomic E-state index is 6.27. The van der Waals surface area contributed by atoms with Crippen molar-refractivity contribution in [2.45, 2.75) is 18.9 Å². The molecule has 100 valence electrons. The van der Waals surface area contributed by atoms with Gasteiger partial charge in [-0.2, -0.15) is 0 Å². The van der Waals surface area contributed by atoms with Crippen LogP contribution >= 0.6 is 0 Å². The van der Waals surface area contributed by atoms with Crippen molar-refractivity contribution in [1.29, 1.82) is 0 Å². The lowest BCUT2D eigenvalue weighted by atomic mass is 10.0. The zero-order chi connectivity index (χ0) is 13.4. The van der Waals surface area contributed by atoms with Crippen molar-refractivity contribution >= 4 is 5.82 Å². The number of aromatic nitrogens is 3. The predicted molar refractivity (Wildman–Crippen MR) is 75.1 cm³/mol. The highest BCUT2D eigenvalue weighted by Crippen LogP contribution is 2.28. The normalized spacial score (nSPS) is 23.0. The second-order valence-electron chi connectivity index (χ2n) is 5.28. The highest BCUT2D eigenvalue weighted by Gasteiger charge is 2.33. The molecule has 2 aromatic heterocycles. The van der Waals surface area contributed by atoms with Crippen molar-refractivity contribution in [3.05, 3.63) is 42.1 Å². The van der Waals surface area contributed by atoms with Crippen molar-refractivity contribution in [1.82, 2.24) is 14.5 Å². The number of imidazole rings is 1. The molecule has 0 aromatic carbocycles. The third kappa shape index (κ3) is 2.33. The van der Waals surface area contributed by atoms with E-state index in [9.17, 15) is 0 Å².